The van der Waals surface area contributed by atoms with Crippen LogP contribution in [0.25, 0.3) is 0 Å². The van der Waals surface area contributed by atoms with Gasteiger partial charge in [0.1, 0.15) is 12.3 Å². The maximum Gasteiger partial charge on any atom is 0.260 e. The van der Waals surface area contributed by atoms with Gasteiger partial charge in [0.25, 0.3) is 5.91 Å². The number of carbonyl (C=O) groups excluding carboxylic acids is 1. The van der Waals surface area contributed by atoms with Gasteiger partial charge in [0.05, 0.1) is 20.8 Å². The molecule has 3 aromatic rings. The highest BCUT2D eigenvalue weighted by molar-refractivity contribution is 9.11. The minimum Gasteiger partial charge on any atom is -0.506 e. The summed E-state index contributed by atoms with van der Waals surface area (Å²) in [5.74, 6) is -0.168. The number of para-hydroxylation sites is 2. The van der Waals surface area contributed by atoms with Crippen LogP contribution in [0, 0.1) is 6.92 Å². The lowest BCUT2D eigenvalue weighted by Gasteiger charge is -2.26. The molecule has 0 aliphatic rings. The Labute approximate surface area is 197 Å². The molecular formula is C22H19Br2N3O2S. The minimum atomic E-state index is -0.275. The largest absolute Gasteiger partial charge is 0.506 e. The number of hydrogen-bond donors (Lipinski definition) is 3. The summed E-state index contributed by atoms with van der Waals surface area (Å²) in [4.78, 5) is 15.3. The molecule has 0 fully saturated rings. The van der Waals surface area contributed by atoms with E-state index in [1.807, 2.05) is 60.4 Å². The van der Waals surface area contributed by atoms with E-state index in [1.165, 1.54) is 6.21 Å². The maximum absolute atomic E-state index is 12.7. The Morgan fingerprint density at radius 2 is 1.70 bits per heavy atom. The second-order valence-corrected chi connectivity index (χ2v) is 8.68. The van der Waals surface area contributed by atoms with Crippen molar-refractivity contribution in [1.29, 1.82) is 0 Å². The molecule has 5 nitrogen and oxygen atoms in total. The van der Waals surface area contributed by atoms with Crippen LogP contribution in [-0.4, -0.2) is 23.8 Å². The average molecular weight is 549 g/mol. The summed E-state index contributed by atoms with van der Waals surface area (Å²) in [6, 6.07) is 18.9. The first-order chi connectivity index (χ1) is 14.4. The summed E-state index contributed by atoms with van der Waals surface area (Å²) in [5.41, 5.74) is 6.08. The number of hydrazone groups is 1. The van der Waals surface area contributed by atoms with Crippen LogP contribution >= 0.6 is 44.5 Å². The van der Waals surface area contributed by atoms with Gasteiger partial charge in [0, 0.05) is 10.6 Å². The summed E-state index contributed by atoms with van der Waals surface area (Å²) in [6.07, 6.45) is 1.51. The number of aryl methyl sites for hydroxylation is 1. The number of aromatic hydroxyl groups is 1. The van der Waals surface area contributed by atoms with Crippen molar-refractivity contribution in [2.45, 2.75) is 11.8 Å². The Kier molecular flexibility index (Phi) is 7.58. The van der Waals surface area contributed by atoms with Gasteiger partial charge in [0.15, 0.2) is 0 Å². The fraction of sp³-hybridized carbons (Fsp3) is 0.0909. The minimum absolute atomic E-state index is 0.0722. The molecule has 0 saturated carbocycles. The topological polar surface area (TPSA) is 64.9 Å². The molecule has 0 aromatic heterocycles. The van der Waals surface area contributed by atoms with Crippen molar-refractivity contribution in [3.63, 3.8) is 0 Å². The van der Waals surface area contributed by atoms with Crippen molar-refractivity contribution in [3.8, 4) is 5.75 Å². The zero-order chi connectivity index (χ0) is 21.7. The molecule has 0 radical (unpaired) electrons. The molecule has 0 heterocycles. The van der Waals surface area contributed by atoms with Gasteiger partial charge in [-0.15, -0.1) is 12.6 Å². The van der Waals surface area contributed by atoms with E-state index in [9.17, 15) is 9.90 Å². The first-order valence-corrected chi connectivity index (χ1v) is 11.0. The number of amides is 1. The van der Waals surface area contributed by atoms with Gasteiger partial charge in [-0.1, -0.05) is 30.3 Å². The quantitative estimate of drug-likeness (QED) is 0.207. The van der Waals surface area contributed by atoms with Crippen molar-refractivity contribution in [2.24, 2.45) is 5.10 Å². The second kappa shape index (κ2) is 10.1. The summed E-state index contributed by atoms with van der Waals surface area (Å²) in [7, 11) is 0. The number of anilines is 2. The van der Waals surface area contributed by atoms with Gasteiger partial charge in [-0.25, -0.2) is 5.43 Å². The van der Waals surface area contributed by atoms with E-state index in [0.717, 1.165) is 21.8 Å². The van der Waals surface area contributed by atoms with Crippen molar-refractivity contribution < 1.29 is 9.90 Å². The summed E-state index contributed by atoms with van der Waals surface area (Å²) < 4.78 is 1.06. The molecule has 0 bridgehead atoms. The van der Waals surface area contributed by atoms with Gasteiger partial charge >= 0.3 is 0 Å². The Morgan fingerprint density at radius 3 is 2.33 bits per heavy atom. The molecule has 154 valence electrons. The first kappa shape index (κ1) is 22.4. The summed E-state index contributed by atoms with van der Waals surface area (Å²) in [5, 5.41) is 13.8. The molecule has 0 atom stereocenters. The molecule has 0 aliphatic heterocycles. The Hall–Kier alpha value is -2.29. The number of phenols is 1. The van der Waals surface area contributed by atoms with E-state index < -0.39 is 0 Å². The number of benzene rings is 3. The Morgan fingerprint density at radius 1 is 1.10 bits per heavy atom. The molecule has 0 unspecified atom stereocenters. The van der Waals surface area contributed by atoms with Crippen LogP contribution in [0.5, 0.6) is 5.75 Å². The lowest BCUT2D eigenvalue weighted by atomic mass is 10.1. The smallest absolute Gasteiger partial charge is 0.260 e. The molecule has 3 rings (SSSR count). The van der Waals surface area contributed by atoms with E-state index in [4.69, 9.17) is 0 Å². The SMILES string of the molecule is Cc1ccccc1N(CC(=O)N/N=C/c1cc(Br)c(O)c(Br)c1)c1ccccc1S. The van der Waals surface area contributed by atoms with E-state index >= 15 is 0 Å². The van der Waals surface area contributed by atoms with Gasteiger partial charge < -0.3 is 10.0 Å². The molecule has 2 N–H and O–H groups in total. The fourth-order valence-corrected chi connectivity index (χ4v) is 4.38. The lowest BCUT2D eigenvalue weighted by molar-refractivity contribution is -0.119. The van der Waals surface area contributed by atoms with Crippen LogP contribution < -0.4 is 10.3 Å². The molecule has 0 saturated heterocycles. The number of thiol groups is 1. The van der Waals surface area contributed by atoms with Crippen molar-refractivity contribution in [3.05, 3.63) is 80.7 Å². The van der Waals surface area contributed by atoms with Gasteiger partial charge in [-0.3, -0.25) is 4.79 Å². The first-order valence-electron chi connectivity index (χ1n) is 8.98. The van der Waals surface area contributed by atoms with E-state index in [-0.39, 0.29) is 18.2 Å². The molecule has 1 amide bonds. The molecular weight excluding hydrogens is 530 g/mol. The second-order valence-electron chi connectivity index (χ2n) is 6.49. The van der Waals surface area contributed by atoms with E-state index in [2.05, 4.69) is 55.0 Å². The highest BCUT2D eigenvalue weighted by Crippen LogP contribution is 2.33. The fourth-order valence-electron chi connectivity index (χ4n) is 2.88. The van der Waals surface area contributed by atoms with E-state index in [1.54, 1.807) is 12.1 Å². The number of nitrogens with one attached hydrogen (secondary N) is 1. The number of nitrogens with zero attached hydrogens (tertiary/aromatic N) is 2. The zero-order valence-corrected chi connectivity index (χ0v) is 20.1. The van der Waals surface area contributed by atoms with Crippen LogP contribution in [0.4, 0.5) is 11.4 Å². The molecule has 3 aromatic carbocycles. The van der Waals surface area contributed by atoms with Crippen molar-refractivity contribution in [1.82, 2.24) is 5.43 Å². The Bertz CT molecular complexity index is 1040. The third-order valence-electron chi connectivity index (χ3n) is 4.32. The van der Waals surface area contributed by atoms with Gasteiger partial charge in [0.2, 0.25) is 0 Å². The average Bonchev–Trinajstić information content (AvgIpc) is 2.71. The number of halogens is 2. The van der Waals surface area contributed by atoms with Gasteiger partial charge in [-0.05, 0) is 80.2 Å². The standard InChI is InChI=1S/C22H19Br2N3O2S/c1-14-6-2-3-7-18(14)27(19-8-4-5-9-20(19)30)13-21(28)26-25-12-15-10-16(23)22(29)17(24)11-15/h2-12,29-30H,13H2,1H3,(H,26,28)/b25-12+. The predicted molar refractivity (Wildman–Crippen MR) is 131 cm³/mol. The normalized spacial score (nSPS) is 10.9. The predicted octanol–water partition coefficient (Wildman–Crippen LogP) is 5.80. The number of carbonyl (C=O) groups is 1. The number of phenolic OH excluding ortho intramolecular Hbond substituents is 1. The maximum atomic E-state index is 12.7. The Balaban J connectivity index is 1.79. The monoisotopic (exact) mass is 547 g/mol. The molecule has 0 spiro atoms. The third kappa shape index (κ3) is 5.44. The van der Waals surface area contributed by atoms with E-state index in [0.29, 0.717) is 14.5 Å². The van der Waals surface area contributed by atoms with Crippen LogP contribution in [0.3, 0.4) is 0 Å². The highest BCUT2D eigenvalue weighted by Gasteiger charge is 2.17. The van der Waals surface area contributed by atoms with Crippen LogP contribution in [0.2, 0.25) is 0 Å². The van der Waals surface area contributed by atoms with Crippen LogP contribution in [0.15, 0.2) is 79.6 Å². The van der Waals surface area contributed by atoms with Crippen molar-refractivity contribution >= 4 is 68.0 Å². The van der Waals surface area contributed by atoms with Crippen LogP contribution in [0.1, 0.15) is 11.1 Å². The lowest BCUT2D eigenvalue weighted by Crippen LogP contribution is -2.33. The number of hydrogen-bond acceptors (Lipinski definition) is 5. The third-order valence-corrected chi connectivity index (χ3v) is 5.91. The van der Waals surface area contributed by atoms with Gasteiger partial charge in [-0.2, -0.15) is 5.10 Å². The number of rotatable bonds is 6. The summed E-state index contributed by atoms with van der Waals surface area (Å²) >= 11 is 11.1. The van der Waals surface area contributed by atoms with Crippen LogP contribution in [-0.2, 0) is 4.79 Å². The summed E-state index contributed by atoms with van der Waals surface area (Å²) in [6.45, 7) is 2.07. The highest BCUT2D eigenvalue weighted by atomic mass is 79.9. The van der Waals surface area contributed by atoms with Crippen molar-refractivity contribution in [2.75, 3.05) is 11.4 Å². The zero-order valence-electron chi connectivity index (χ0n) is 16.0. The molecule has 0 aliphatic carbocycles. The molecule has 8 heteroatoms. The molecule has 30 heavy (non-hydrogen) atoms.